The molecule has 0 spiro atoms. The Balaban J connectivity index is 1.62. The number of ether oxygens (including phenoxy) is 1. The molecular weight excluding hydrogens is 442 g/mol. The molecule has 0 unspecified atom stereocenters. The van der Waals surface area contributed by atoms with Crippen LogP contribution in [0.2, 0.25) is 0 Å². The number of hydrogen-bond acceptors (Lipinski definition) is 6. The van der Waals surface area contributed by atoms with Gasteiger partial charge in [-0.3, -0.25) is 9.79 Å². The molecule has 1 amide bonds. The van der Waals surface area contributed by atoms with Crippen molar-refractivity contribution >= 4 is 17.6 Å². The number of morpholine rings is 1. The summed E-state index contributed by atoms with van der Waals surface area (Å²) in [7, 11) is 0. The van der Waals surface area contributed by atoms with E-state index >= 15 is 0 Å². The Kier molecular flexibility index (Phi) is 5.94. The zero-order valence-corrected chi connectivity index (χ0v) is 18.5. The van der Waals surface area contributed by atoms with Gasteiger partial charge in [-0.25, -0.2) is 9.40 Å². The van der Waals surface area contributed by atoms with Crippen LogP contribution in [0.15, 0.2) is 39.9 Å². The zero-order chi connectivity index (χ0) is 24.0. The van der Waals surface area contributed by atoms with Crippen LogP contribution >= 0.6 is 0 Å². The van der Waals surface area contributed by atoms with Gasteiger partial charge in [-0.15, -0.1) is 0 Å². The molecule has 4 rings (SSSR count). The SMILES string of the molecule is C[C@@H](NC(=O)C1=CC(N2CCOCC2)=NN2CC(C)(C)N=C12)c1cccc(C(F)(F)F)c1F. The molecule has 0 aliphatic carbocycles. The van der Waals surface area contributed by atoms with Crippen molar-refractivity contribution < 1.29 is 27.1 Å². The maximum Gasteiger partial charge on any atom is 0.419 e. The molecule has 1 fully saturated rings. The Morgan fingerprint density at radius 1 is 1.24 bits per heavy atom. The third-order valence-electron chi connectivity index (χ3n) is 5.66. The van der Waals surface area contributed by atoms with E-state index in [1.54, 1.807) is 11.1 Å². The molecule has 1 aromatic rings. The normalized spacial score (nSPS) is 21.1. The Hall–Kier alpha value is -2.95. The summed E-state index contributed by atoms with van der Waals surface area (Å²) in [6.45, 7) is 8.03. The van der Waals surface area contributed by atoms with E-state index in [0.29, 0.717) is 50.6 Å². The summed E-state index contributed by atoms with van der Waals surface area (Å²) in [6.07, 6.45) is -3.21. The summed E-state index contributed by atoms with van der Waals surface area (Å²) >= 11 is 0. The molecule has 0 aromatic heterocycles. The van der Waals surface area contributed by atoms with Crippen molar-refractivity contribution in [2.45, 2.75) is 38.5 Å². The molecule has 3 aliphatic rings. The van der Waals surface area contributed by atoms with Gasteiger partial charge in [0.1, 0.15) is 11.7 Å². The van der Waals surface area contributed by atoms with E-state index in [-0.39, 0.29) is 11.1 Å². The van der Waals surface area contributed by atoms with Crippen LogP contribution in [0, 0.1) is 5.82 Å². The number of amides is 1. The van der Waals surface area contributed by atoms with E-state index in [0.717, 1.165) is 6.07 Å². The lowest BCUT2D eigenvalue weighted by atomic mass is 10.0. The average molecular weight is 467 g/mol. The summed E-state index contributed by atoms with van der Waals surface area (Å²) in [6, 6.07) is 2.02. The van der Waals surface area contributed by atoms with Crippen molar-refractivity contribution in [3.63, 3.8) is 0 Å². The molecule has 0 radical (unpaired) electrons. The fraction of sp³-hybridized carbons (Fsp3) is 0.500. The predicted octanol–water partition coefficient (Wildman–Crippen LogP) is 3.10. The van der Waals surface area contributed by atoms with Crippen LogP contribution in [0.5, 0.6) is 0 Å². The van der Waals surface area contributed by atoms with Gasteiger partial charge in [-0.1, -0.05) is 12.1 Å². The van der Waals surface area contributed by atoms with Gasteiger partial charge in [-0.05, 0) is 32.9 Å². The highest BCUT2D eigenvalue weighted by molar-refractivity contribution is 6.25. The van der Waals surface area contributed by atoms with E-state index in [1.807, 2.05) is 18.7 Å². The second-order valence-electron chi connectivity index (χ2n) is 8.82. The summed E-state index contributed by atoms with van der Waals surface area (Å²) < 4.78 is 59.3. The standard InChI is InChI=1S/C22H25F4N5O2/c1-13(14-5-4-6-16(18(14)23)22(24,25)26)27-20(32)15-11-17(30-7-9-33-10-8-30)29-31-12-21(2,3)28-19(15)31/h4-6,11,13H,7-10,12H2,1-3H3,(H,27,32)/t13-/m1/s1. The maximum atomic E-state index is 14.6. The number of amidine groups is 2. The van der Waals surface area contributed by atoms with Crippen LogP contribution in [0.4, 0.5) is 17.6 Å². The molecule has 7 nitrogen and oxygen atoms in total. The lowest BCUT2D eigenvalue weighted by molar-refractivity contribution is -0.140. The van der Waals surface area contributed by atoms with Crippen molar-refractivity contribution in [3.05, 3.63) is 46.8 Å². The average Bonchev–Trinajstić information content (AvgIpc) is 3.06. The summed E-state index contributed by atoms with van der Waals surface area (Å²) in [5.74, 6) is -1.00. The van der Waals surface area contributed by atoms with Gasteiger partial charge >= 0.3 is 6.18 Å². The predicted molar refractivity (Wildman–Crippen MR) is 114 cm³/mol. The van der Waals surface area contributed by atoms with Crippen LogP contribution in [0.1, 0.15) is 37.9 Å². The summed E-state index contributed by atoms with van der Waals surface area (Å²) in [5, 5.41) is 8.92. The topological polar surface area (TPSA) is 69.5 Å². The van der Waals surface area contributed by atoms with E-state index in [1.165, 1.54) is 13.0 Å². The first-order chi connectivity index (χ1) is 15.5. The summed E-state index contributed by atoms with van der Waals surface area (Å²) in [5.41, 5.74) is -1.86. The molecule has 3 heterocycles. The van der Waals surface area contributed by atoms with E-state index in [9.17, 15) is 22.4 Å². The molecule has 1 atom stereocenters. The number of benzene rings is 1. The first kappa shape index (κ1) is 23.2. The van der Waals surface area contributed by atoms with Gasteiger partial charge in [0.25, 0.3) is 5.91 Å². The van der Waals surface area contributed by atoms with Crippen molar-refractivity contribution in [2.75, 3.05) is 32.8 Å². The van der Waals surface area contributed by atoms with E-state index in [2.05, 4.69) is 15.4 Å². The van der Waals surface area contributed by atoms with Gasteiger partial charge in [0.15, 0.2) is 5.84 Å². The van der Waals surface area contributed by atoms with Gasteiger partial charge in [0, 0.05) is 18.7 Å². The number of rotatable bonds is 3. The molecule has 178 valence electrons. The molecule has 3 aliphatic heterocycles. The summed E-state index contributed by atoms with van der Waals surface area (Å²) in [4.78, 5) is 19.8. The molecule has 1 aromatic carbocycles. The number of alkyl halides is 3. The lowest BCUT2D eigenvalue weighted by Gasteiger charge is -2.32. The number of hydrogen-bond donors (Lipinski definition) is 1. The van der Waals surface area contributed by atoms with Crippen molar-refractivity contribution in [1.29, 1.82) is 0 Å². The highest BCUT2D eigenvalue weighted by Crippen LogP contribution is 2.34. The Bertz CT molecular complexity index is 1040. The third kappa shape index (κ3) is 4.73. The highest BCUT2D eigenvalue weighted by atomic mass is 19.4. The minimum absolute atomic E-state index is 0.233. The first-order valence-electron chi connectivity index (χ1n) is 10.6. The highest BCUT2D eigenvalue weighted by Gasteiger charge is 2.39. The molecule has 33 heavy (non-hydrogen) atoms. The van der Waals surface area contributed by atoms with Crippen LogP contribution in [-0.2, 0) is 15.7 Å². The monoisotopic (exact) mass is 467 g/mol. The van der Waals surface area contributed by atoms with Gasteiger partial charge in [-0.2, -0.15) is 18.3 Å². The maximum absolute atomic E-state index is 14.6. The minimum Gasteiger partial charge on any atom is -0.378 e. The van der Waals surface area contributed by atoms with E-state index < -0.39 is 35.0 Å². The number of aliphatic imine (C=N–C) groups is 1. The van der Waals surface area contributed by atoms with Gasteiger partial charge < -0.3 is 15.0 Å². The second-order valence-corrected chi connectivity index (χ2v) is 8.82. The first-order valence-corrected chi connectivity index (χ1v) is 10.6. The molecule has 0 bridgehead atoms. The lowest BCUT2D eigenvalue weighted by Crippen LogP contribution is -2.45. The van der Waals surface area contributed by atoms with Crippen molar-refractivity contribution in [2.24, 2.45) is 10.1 Å². The number of halogens is 4. The van der Waals surface area contributed by atoms with Gasteiger partial charge in [0.05, 0.1) is 42.5 Å². The van der Waals surface area contributed by atoms with Crippen LogP contribution in [0.3, 0.4) is 0 Å². The molecule has 11 heteroatoms. The minimum atomic E-state index is -4.83. The van der Waals surface area contributed by atoms with Crippen LogP contribution in [0.25, 0.3) is 0 Å². The number of carbonyl (C=O) groups excluding carboxylic acids is 1. The Labute approximate surface area is 188 Å². The van der Waals surface area contributed by atoms with Gasteiger partial charge in [0.2, 0.25) is 0 Å². The Morgan fingerprint density at radius 2 is 1.94 bits per heavy atom. The third-order valence-corrected chi connectivity index (χ3v) is 5.66. The molecule has 1 N–H and O–H groups in total. The Morgan fingerprint density at radius 3 is 2.61 bits per heavy atom. The largest absolute Gasteiger partial charge is 0.419 e. The second kappa shape index (κ2) is 8.44. The fourth-order valence-corrected chi connectivity index (χ4v) is 4.02. The smallest absolute Gasteiger partial charge is 0.378 e. The fourth-order valence-electron chi connectivity index (χ4n) is 4.02. The number of nitrogens with one attached hydrogen (secondary N) is 1. The van der Waals surface area contributed by atoms with Crippen LogP contribution in [-0.4, -0.2) is 65.9 Å². The van der Waals surface area contributed by atoms with Crippen molar-refractivity contribution in [3.8, 4) is 0 Å². The number of carbonyl (C=O) groups is 1. The number of hydrazone groups is 1. The number of nitrogens with zero attached hydrogens (tertiary/aromatic N) is 4. The van der Waals surface area contributed by atoms with Crippen molar-refractivity contribution in [1.82, 2.24) is 15.2 Å². The number of fused-ring (bicyclic) bond motifs is 1. The van der Waals surface area contributed by atoms with E-state index in [4.69, 9.17) is 4.74 Å². The molecule has 0 saturated carbocycles. The molecular formula is C22H25F4N5O2. The zero-order valence-electron chi connectivity index (χ0n) is 18.5. The quantitative estimate of drug-likeness (QED) is 0.694. The molecule has 1 saturated heterocycles. The van der Waals surface area contributed by atoms with Crippen LogP contribution < -0.4 is 5.32 Å².